The molecule has 0 spiro atoms. The fraction of sp³-hybridized carbons (Fsp3) is 0.562. The number of nitrogens with two attached hydrogens (primary N) is 1. The minimum Gasteiger partial charge on any atom is -0.491 e. The van der Waals surface area contributed by atoms with Gasteiger partial charge < -0.3 is 15.4 Å². The normalized spacial score (nSPS) is 19.4. The third-order valence-electron chi connectivity index (χ3n) is 3.91. The molecule has 1 unspecified atom stereocenters. The lowest BCUT2D eigenvalue weighted by Crippen LogP contribution is -2.40. The zero-order valence-electron chi connectivity index (χ0n) is 12.9. The number of nitrogen functional groups attached to an aromatic ring is 1. The first-order chi connectivity index (χ1) is 10.1. The Hall–Kier alpha value is -1.20. The van der Waals surface area contributed by atoms with Gasteiger partial charge in [-0.25, -0.2) is 0 Å². The van der Waals surface area contributed by atoms with Gasteiger partial charge in [-0.05, 0) is 44.3 Å². The number of rotatable bonds is 6. The van der Waals surface area contributed by atoms with Crippen LogP contribution in [0.3, 0.4) is 0 Å². The van der Waals surface area contributed by atoms with Gasteiger partial charge in [0.05, 0.1) is 5.56 Å². The molecule has 4 nitrogen and oxygen atoms in total. The van der Waals surface area contributed by atoms with E-state index in [0.717, 1.165) is 28.5 Å². The fourth-order valence-corrected chi connectivity index (χ4v) is 3.55. The Morgan fingerprint density at radius 2 is 2.29 bits per heavy atom. The van der Waals surface area contributed by atoms with Crippen LogP contribution in [-0.2, 0) is 0 Å². The topological polar surface area (TPSA) is 62.3 Å². The molecule has 1 aliphatic heterocycles. The minimum absolute atomic E-state index is 0.0820. The third kappa shape index (κ3) is 4.14. The van der Waals surface area contributed by atoms with Crippen molar-refractivity contribution < 1.29 is 4.74 Å². The summed E-state index contributed by atoms with van der Waals surface area (Å²) >= 11 is 1.70. The van der Waals surface area contributed by atoms with Gasteiger partial charge in [-0.1, -0.05) is 19.4 Å². The second-order valence-corrected chi connectivity index (χ2v) is 6.72. The van der Waals surface area contributed by atoms with Crippen LogP contribution < -0.4 is 10.5 Å². The average Bonchev–Trinajstić information content (AvgIpc) is 2.46. The van der Waals surface area contributed by atoms with Crippen LogP contribution in [0.4, 0.5) is 0 Å². The molecular formula is C16H25N3OS. The largest absolute Gasteiger partial charge is 0.491 e. The molecule has 0 aromatic heterocycles. The van der Waals surface area contributed by atoms with Crippen LogP contribution in [0.2, 0.25) is 0 Å². The summed E-state index contributed by atoms with van der Waals surface area (Å²) in [6, 6.07) is 6.36. The van der Waals surface area contributed by atoms with Crippen molar-refractivity contribution in [2.75, 3.05) is 26.0 Å². The quantitative estimate of drug-likeness (QED) is 0.482. The molecule has 3 N–H and O–H groups in total. The third-order valence-corrected chi connectivity index (χ3v) is 4.85. The van der Waals surface area contributed by atoms with E-state index < -0.39 is 0 Å². The molecule has 1 aromatic carbocycles. The maximum absolute atomic E-state index is 7.83. The van der Waals surface area contributed by atoms with Crippen LogP contribution in [0, 0.1) is 5.41 Å². The summed E-state index contributed by atoms with van der Waals surface area (Å²) in [7, 11) is 2.16. The molecule has 116 valence electrons. The Morgan fingerprint density at radius 1 is 1.48 bits per heavy atom. The first-order valence-electron chi connectivity index (χ1n) is 7.56. The number of ether oxygens (including phenoxy) is 1. The van der Waals surface area contributed by atoms with Gasteiger partial charge in [0.1, 0.15) is 18.2 Å². The molecular weight excluding hydrogens is 282 g/mol. The zero-order chi connectivity index (χ0) is 15.2. The number of benzene rings is 1. The Kier molecular flexibility index (Phi) is 5.94. The standard InChI is InChI=1S/C16H25N3OS/c1-3-21-14-9-6-8-13(15(14)16(17)18)20-11-12-7-4-5-10-19(12)2/h6,8-9,12H,3-5,7,10-11H2,1-2H3,(H3,17,18). The molecule has 2 rings (SSSR count). The summed E-state index contributed by atoms with van der Waals surface area (Å²) in [4.78, 5) is 3.39. The smallest absolute Gasteiger partial charge is 0.131 e. The molecule has 0 bridgehead atoms. The predicted molar refractivity (Wildman–Crippen MR) is 89.6 cm³/mol. The summed E-state index contributed by atoms with van der Waals surface area (Å²) in [5, 5.41) is 7.83. The van der Waals surface area contributed by atoms with Crippen molar-refractivity contribution in [2.45, 2.75) is 37.1 Å². The molecule has 1 fully saturated rings. The number of hydrogen-bond acceptors (Lipinski definition) is 4. The lowest BCUT2D eigenvalue weighted by atomic mass is 10.0. The van der Waals surface area contributed by atoms with Crippen LogP contribution in [0.1, 0.15) is 31.7 Å². The maximum atomic E-state index is 7.83. The van der Waals surface area contributed by atoms with Gasteiger partial charge in [0.2, 0.25) is 0 Å². The molecule has 0 aliphatic carbocycles. The van der Waals surface area contributed by atoms with Crippen LogP contribution in [0.15, 0.2) is 23.1 Å². The summed E-state index contributed by atoms with van der Waals surface area (Å²) in [6.45, 7) is 3.90. The summed E-state index contributed by atoms with van der Waals surface area (Å²) in [6.07, 6.45) is 3.72. The second-order valence-electron chi connectivity index (χ2n) is 5.42. The lowest BCUT2D eigenvalue weighted by molar-refractivity contribution is 0.125. The van der Waals surface area contributed by atoms with E-state index in [1.807, 2.05) is 18.2 Å². The lowest BCUT2D eigenvalue weighted by Gasteiger charge is -2.32. The molecule has 21 heavy (non-hydrogen) atoms. The van der Waals surface area contributed by atoms with E-state index >= 15 is 0 Å². The van der Waals surface area contributed by atoms with E-state index in [9.17, 15) is 0 Å². The van der Waals surface area contributed by atoms with Crippen LogP contribution in [0.25, 0.3) is 0 Å². The van der Waals surface area contributed by atoms with Gasteiger partial charge in [0.25, 0.3) is 0 Å². The Bertz CT molecular complexity index is 492. The Balaban J connectivity index is 2.11. The highest BCUT2D eigenvalue weighted by Crippen LogP contribution is 2.30. The second kappa shape index (κ2) is 7.71. The van der Waals surface area contributed by atoms with Crippen molar-refractivity contribution in [2.24, 2.45) is 5.73 Å². The number of amidine groups is 1. The molecule has 1 saturated heterocycles. The molecule has 0 radical (unpaired) electrons. The van der Waals surface area contributed by atoms with Gasteiger partial charge in [0.15, 0.2) is 0 Å². The van der Waals surface area contributed by atoms with Crippen molar-refractivity contribution in [3.63, 3.8) is 0 Å². The fourth-order valence-electron chi connectivity index (χ4n) is 2.71. The first kappa shape index (κ1) is 16.2. The van der Waals surface area contributed by atoms with Crippen LogP contribution in [-0.4, -0.2) is 42.7 Å². The monoisotopic (exact) mass is 307 g/mol. The van der Waals surface area contributed by atoms with Crippen molar-refractivity contribution in [3.8, 4) is 5.75 Å². The van der Waals surface area contributed by atoms with Gasteiger partial charge in [-0.3, -0.25) is 5.41 Å². The number of nitrogens with zero attached hydrogens (tertiary/aromatic N) is 1. The van der Waals surface area contributed by atoms with Crippen LogP contribution >= 0.6 is 11.8 Å². The van der Waals surface area contributed by atoms with Gasteiger partial charge in [0, 0.05) is 10.9 Å². The number of hydrogen-bond donors (Lipinski definition) is 2. The maximum Gasteiger partial charge on any atom is 0.131 e. The molecule has 1 aliphatic rings. The van der Waals surface area contributed by atoms with E-state index in [2.05, 4.69) is 18.9 Å². The SMILES string of the molecule is CCSc1cccc(OCC2CCCCN2C)c1C(=N)N. The first-order valence-corrected chi connectivity index (χ1v) is 8.55. The molecule has 0 amide bonds. The Labute approximate surface area is 131 Å². The minimum atomic E-state index is 0.0820. The highest BCUT2D eigenvalue weighted by molar-refractivity contribution is 7.99. The summed E-state index contributed by atoms with van der Waals surface area (Å²) in [5.41, 5.74) is 6.50. The highest BCUT2D eigenvalue weighted by atomic mass is 32.2. The van der Waals surface area contributed by atoms with E-state index in [0.29, 0.717) is 12.6 Å². The van der Waals surface area contributed by atoms with E-state index in [4.69, 9.17) is 15.9 Å². The zero-order valence-corrected chi connectivity index (χ0v) is 13.7. The molecule has 1 atom stereocenters. The number of thioether (sulfide) groups is 1. The molecule has 1 aromatic rings. The number of likely N-dealkylation sites (N-methyl/N-ethyl adjacent to an activating group) is 1. The molecule has 5 heteroatoms. The van der Waals surface area contributed by atoms with E-state index in [1.54, 1.807) is 11.8 Å². The van der Waals surface area contributed by atoms with Crippen molar-refractivity contribution in [3.05, 3.63) is 23.8 Å². The summed E-state index contributed by atoms with van der Waals surface area (Å²) < 4.78 is 6.02. The highest BCUT2D eigenvalue weighted by Gasteiger charge is 2.20. The van der Waals surface area contributed by atoms with Gasteiger partial charge in [-0.2, -0.15) is 0 Å². The van der Waals surface area contributed by atoms with E-state index in [-0.39, 0.29) is 5.84 Å². The predicted octanol–water partition coefficient (Wildman–Crippen LogP) is 2.95. The van der Waals surface area contributed by atoms with Gasteiger partial charge >= 0.3 is 0 Å². The Morgan fingerprint density at radius 3 is 2.95 bits per heavy atom. The number of likely N-dealkylation sites (tertiary alicyclic amines) is 1. The number of piperidine rings is 1. The number of nitrogens with one attached hydrogen (secondary N) is 1. The van der Waals surface area contributed by atoms with E-state index in [1.165, 1.54) is 19.3 Å². The average molecular weight is 307 g/mol. The van der Waals surface area contributed by atoms with Gasteiger partial charge in [-0.15, -0.1) is 11.8 Å². The van der Waals surface area contributed by atoms with Crippen LogP contribution in [0.5, 0.6) is 5.75 Å². The van der Waals surface area contributed by atoms with Crippen molar-refractivity contribution in [1.29, 1.82) is 5.41 Å². The summed E-state index contributed by atoms with van der Waals surface area (Å²) in [5.74, 6) is 1.77. The molecule has 0 saturated carbocycles. The molecule has 1 heterocycles. The van der Waals surface area contributed by atoms with Crippen molar-refractivity contribution >= 4 is 17.6 Å². The van der Waals surface area contributed by atoms with Crippen molar-refractivity contribution in [1.82, 2.24) is 4.90 Å².